The van der Waals surface area contributed by atoms with Crippen LogP contribution in [0.25, 0.3) is 0 Å². The molecule has 0 N–H and O–H groups in total. The second-order valence-electron chi connectivity index (χ2n) is 19.5. The smallest absolute Gasteiger partial charge is 0.306 e. The highest BCUT2D eigenvalue weighted by Crippen LogP contribution is 2.14. The molecule has 0 aliphatic carbocycles. The zero-order chi connectivity index (χ0) is 55.7. The molecule has 1 atom stereocenters. The minimum absolute atomic E-state index is 0.119. The van der Waals surface area contributed by atoms with Crippen LogP contribution in [0.4, 0.5) is 0 Å². The third-order valence-electron chi connectivity index (χ3n) is 12.2. The van der Waals surface area contributed by atoms with E-state index in [1.54, 1.807) is 0 Å². The van der Waals surface area contributed by atoms with Crippen LogP contribution in [0.3, 0.4) is 0 Å². The van der Waals surface area contributed by atoms with Crippen LogP contribution in [-0.4, -0.2) is 37.2 Å². The molecular weight excluding hydrogens is 949 g/mol. The molecular formula is C71H110O6. The summed E-state index contributed by atoms with van der Waals surface area (Å²) in [5, 5.41) is 0. The molecule has 1 unspecified atom stereocenters. The Morgan fingerprint density at radius 1 is 0.260 bits per heavy atom. The largest absolute Gasteiger partial charge is 0.462 e. The molecule has 0 rings (SSSR count). The third kappa shape index (κ3) is 61.5. The average molecular weight is 1060 g/mol. The molecule has 77 heavy (non-hydrogen) atoms. The highest BCUT2D eigenvalue weighted by molar-refractivity contribution is 5.71. The lowest BCUT2D eigenvalue weighted by molar-refractivity contribution is -0.166. The highest BCUT2D eigenvalue weighted by atomic mass is 16.6. The first kappa shape index (κ1) is 71.8. The Morgan fingerprint density at radius 3 is 0.805 bits per heavy atom. The number of hydrogen-bond acceptors (Lipinski definition) is 6. The van der Waals surface area contributed by atoms with E-state index in [4.69, 9.17) is 14.2 Å². The van der Waals surface area contributed by atoms with Crippen LogP contribution in [0.2, 0.25) is 0 Å². The van der Waals surface area contributed by atoms with Crippen LogP contribution in [0.1, 0.15) is 239 Å². The Bertz CT molecular complexity index is 1790. The van der Waals surface area contributed by atoms with E-state index in [9.17, 15) is 14.4 Å². The molecule has 0 aromatic heterocycles. The lowest BCUT2D eigenvalue weighted by atomic mass is 10.1. The van der Waals surface area contributed by atoms with Crippen molar-refractivity contribution >= 4 is 17.9 Å². The van der Waals surface area contributed by atoms with Gasteiger partial charge in [0, 0.05) is 19.3 Å². The summed E-state index contributed by atoms with van der Waals surface area (Å²) in [6.45, 7) is 6.20. The molecule has 0 aliphatic rings. The van der Waals surface area contributed by atoms with Crippen molar-refractivity contribution in [3.8, 4) is 0 Å². The van der Waals surface area contributed by atoms with Gasteiger partial charge in [-0.3, -0.25) is 14.4 Å². The van der Waals surface area contributed by atoms with Crippen molar-refractivity contribution in [2.45, 2.75) is 245 Å². The van der Waals surface area contributed by atoms with Gasteiger partial charge in [-0.1, -0.05) is 255 Å². The van der Waals surface area contributed by atoms with Crippen LogP contribution in [-0.2, 0) is 28.6 Å². The molecule has 0 spiro atoms. The second-order valence-corrected chi connectivity index (χ2v) is 19.5. The van der Waals surface area contributed by atoms with E-state index in [0.717, 1.165) is 148 Å². The van der Waals surface area contributed by atoms with E-state index in [0.29, 0.717) is 19.3 Å². The fourth-order valence-electron chi connectivity index (χ4n) is 7.74. The Balaban J connectivity index is 4.47. The molecule has 0 bridgehead atoms. The van der Waals surface area contributed by atoms with Crippen LogP contribution >= 0.6 is 0 Å². The van der Waals surface area contributed by atoms with Gasteiger partial charge in [0.15, 0.2) is 6.10 Å². The van der Waals surface area contributed by atoms with Gasteiger partial charge in [-0.15, -0.1) is 0 Å². The SMILES string of the molecule is CC/C=C\C/C=C\C/C=C\C/C=C\C/C=C\C/C=C\CCCCCCCCC(=O)OCC(COC(=O)CC/C=C\C/C=C\C/C=C\C/C=C\CC)OC(=O)CCCCCCCCCC/C=C\C/C=C\C/C=C\C/C=C\CC. The highest BCUT2D eigenvalue weighted by Gasteiger charge is 2.19. The Morgan fingerprint density at radius 2 is 0.494 bits per heavy atom. The number of carbonyl (C=O) groups is 3. The van der Waals surface area contributed by atoms with Gasteiger partial charge in [-0.2, -0.15) is 0 Å². The minimum Gasteiger partial charge on any atom is -0.462 e. The molecule has 0 amide bonds. The van der Waals surface area contributed by atoms with E-state index in [-0.39, 0.29) is 37.5 Å². The van der Waals surface area contributed by atoms with E-state index in [2.05, 4.69) is 179 Å². The van der Waals surface area contributed by atoms with Crippen molar-refractivity contribution in [1.29, 1.82) is 0 Å². The standard InChI is InChI=1S/C71H110O6/c1-4-7-10-13-16-19-22-25-27-29-31-33-34-35-36-38-39-41-43-46-49-52-55-58-61-64-70(73)76-67-68(66-75-69(72)63-60-57-54-51-48-45-24-21-18-15-12-9-6-3)77-71(74)65-62-59-56-53-50-47-44-42-40-37-32-30-28-26-23-20-17-14-11-8-5-2/h7-12,16-21,25-28,31-33,35-37,39,41,45,48,54,57,68H,4-6,13-15,22-24,29-30,34,38,40,42-44,46-47,49-53,55-56,58-67H2,1-3H3/b10-7-,11-8-,12-9-,19-16-,20-17-,21-18-,27-25-,28-26-,33-31-,36-35-,37-32-,41-39-,48-45-,57-54-. The maximum absolute atomic E-state index is 12.9. The molecule has 0 fully saturated rings. The number of unbranched alkanes of at least 4 members (excludes halogenated alkanes) is 14. The molecule has 0 aliphatic heterocycles. The predicted molar refractivity (Wildman–Crippen MR) is 334 cm³/mol. The number of hydrogen-bond donors (Lipinski definition) is 0. The monoisotopic (exact) mass is 1060 g/mol. The van der Waals surface area contributed by atoms with E-state index in [1.165, 1.54) is 44.9 Å². The molecule has 0 saturated carbocycles. The van der Waals surface area contributed by atoms with Gasteiger partial charge in [0.25, 0.3) is 0 Å². The van der Waals surface area contributed by atoms with Gasteiger partial charge in [0.1, 0.15) is 13.2 Å². The van der Waals surface area contributed by atoms with E-state index < -0.39 is 6.10 Å². The van der Waals surface area contributed by atoms with Gasteiger partial charge in [-0.25, -0.2) is 0 Å². The number of allylic oxidation sites excluding steroid dienone is 28. The summed E-state index contributed by atoms with van der Waals surface area (Å²) in [7, 11) is 0. The van der Waals surface area contributed by atoms with Gasteiger partial charge >= 0.3 is 17.9 Å². The molecule has 6 nitrogen and oxygen atoms in total. The van der Waals surface area contributed by atoms with Crippen molar-refractivity contribution in [3.63, 3.8) is 0 Å². The molecule has 430 valence electrons. The Hall–Kier alpha value is -5.23. The zero-order valence-electron chi connectivity index (χ0n) is 49.1. The number of rotatable bonds is 53. The van der Waals surface area contributed by atoms with Crippen molar-refractivity contribution in [1.82, 2.24) is 0 Å². The summed E-state index contributed by atoms with van der Waals surface area (Å²) >= 11 is 0. The number of ether oxygens (including phenoxy) is 3. The lowest BCUT2D eigenvalue weighted by Crippen LogP contribution is -2.30. The van der Waals surface area contributed by atoms with Crippen LogP contribution in [0.15, 0.2) is 170 Å². The van der Waals surface area contributed by atoms with Crippen LogP contribution < -0.4 is 0 Å². The van der Waals surface area contributed by atoms with Gasteiger partial charge in [0.05, 0.1) is 0 Å². The summed E-state index contributed by atoms with van der Waals surface area (Å²) < 4.78 is 16.8. The first-order valence-corrected chi connectivity index (χ1v) is 30.6. The van der Waals surface area contributed by atoms with Crippen molar-refractivity contribution in [3.05, 3.63) is 170 Å². The van der Waals surface area contributed by atoms with Crippen molar-refractivity contribution in [2.75, 3.05) is 13.2 Å². The molecule has 6 heteroatoms. The Kier molecular flexibility index (Phi) is 59.0. The molecule has 0 saturated heterocycles. The Labute approximate surface area is 472 Å². The maximum atomic E-state index is 12.9. The van der Waals surface area contributed by atoms with Gasteiger partial charge < -0.3 is 14.2 Å². The second kappa shape index (κ2) is 63.3. The van der Waals surface area contributed by atoms with Crippen LogP contribution in [0.5, 0.6) is 0 Å². The minimum atomic E-state index is -0.828. The molecule has 0 aromatic rings. The topological polar surface area (TPSA) is 78.9 Å². The fraction of sp³-hybridized carbons (Fsp3) is 0.563. The summed E-state index contributed by atoms with van der Waals surface area (Å²) in [5.41, 5.74) is 0. The predicted octanol–water partition coefficient (Wildman–Crippen LogP) is 21.1. The maximum Gasteiger partial charge on any atom is 0.306 e. The summed E-state index contributed by atoms with van der Waals surface area (Å²) in [4.78, 5) is 38.2. The molecule has 0 aromatic carbocycles. The van der Waals surface area contributed by atoms with Crippen LogP contribution in [0, 0.1) is 0 Å². The van der Waals surface area contributed by atoms with Gasteiger partial charge in [0.2, 0.25) is 0 Å². The van der Waals surface area contributed by atoms with Crippen molar-refractivity contribution in [2.24, 2.45) is 0 Å². The first-order chi connectivity index (χ1) is 38.0. The summed E-state index contributed by atoms with van der Waals surface area (Å²) in [5.74, 6) is -1.03. The normalized spacial score (nSPS) is 13.3. The van der Waals surface area contributed by atoms with Crippen molar-refractivity contribution < 1.29 is 28.6 Å². The first-order valence-electron chi connectivity index (χ1n) is 30.6. The quantitative estimate of drug-likeness (QED) is 0.0261. The summed E-state index contributed by atoms with van der Waals surface area (Å²) in [6.07, 6.45) is 93.6. The number of carbonyl (C=O) groups excluding carboxylic acids is 3. The lowest BCUT2D eigenvalue weighted by Gasteiger charge is -2.18. The molecule has 0 radical (unpaired) electrons. The zero-order valence-corrected chi connectivity index (χ0v) is 49.1. The van der Waals surface area contributed by atoms with E-state index in [1.807, 2.05) is 12.2 Å². The van der Waals surface area contributed by atoms with E-state index >= 15 is 0 Å². The molecule has 0 heterocycles. The fourth-order valence-corrected chi connectivity index (χ4v) is 7.74. The summed E-state index contributed by atoms with van der Waals surface area (Å²) in [6, 6.07) is 0. The third-order valence-corrected chi connectivity index (χ3v) is 12.2. The average Bonchev–Trinajstić information content (AvgIpc) is 3.43. The van der Waals surface area contributed by atoms with Gasteiger partial charge in [-0.05, 0) is 135 Å². The number of esters is 3.